The van der Waals surface area contributed by atoms with E-state index in [0.717, 1.165) is 0 Å². The van der Waals surface area contributed by atoms with Gasteiger partial charge < -0.3 is 20.5 Å². The monoisotopic (exact) mass is 214 g/mol. The van der Waals surface area contributed by atoms with Crippen molar-refractivity contribution in [1.29, 1.82) is 0 Å². The molecule has 1 rings (SSSR count). The smallest absolute Gasteiger partial charge is 0.271 e. The van der Waals surface area contributed by atoms with Gasteiger partial charge in [0.25, 0.3) is 10.9 Å². The van der Waals surface area contributed by atoms with Crippen LogP contribution in [0.1, 0.15) is 0 Å². The highest BCUT2D eigenvalue weighted by molar-refractivity contribution is 5.61. The van der Waals surface area contributed by atoms with Crippen LogP contribution < -0.4 is 26.6 Å². The van der Waals surface area contributed by atoms with Crippen LogP contribution in [-0.4, -0.2) is 33.4 Å². The first-order chi connectivity index (χ1) is 7.22. The third kappa shape index (κ3) is 2.54. The van der Waals surface area contributed by atoms with Gasteiger partial charge in [-0.05, 0) is 0 Å². The number of hydrogen-bond donors (Lipinski definition) is 2. The molecule has 0 spiro atoms. The number of nitrogens with two attached hydrogens (primary N) is 1. The summed E-state index contributed by atoms with van der Waals surface area (Å²) in [4.78, 5) is 22.0. The molecule has 6 heteroatoms. The van der Waals surface area contributed by atoms with E-state index in [1.165, 1.54) is 7.11 Å². The lowest BCUT2D eigenvalue weighted by Gasteiger charge is -2.11. The predicted molar refractivity (Wildman–Crippen MR) is 56.3 cm³/mol. The van der Waals surface area contributed by atoms with Crippen molar-refractivity contribution in [3.63, 3.8) is 0 Å². The minimum atomic E-state index is -0.581. The molecule has 0 fully saturated rings. The van der Waals surface area contributed by atoms with E-state index >= 15 is 0 Å². The van der Waals surface area contributed by atoms with E-state index in [2.05, 4.69) is 5.32 Å². The van der Waals surface area contributed by atoms with Crippen LogP contribution in [0.25, 0.3) is 0 Å². The minimum Gasteiger partial charge on any atom is -0.491 e. The van der Waals surface area contributed by atoms with Gasteiger partial charge in [-0.15, -0.1) is 0 Å². The Kier molecular flexibility index (Phi) is 4.26. The second-order valence-corrected chi connectivity index (χ2v) is 2.89. The molecule has 0 aromatic heterocycles. The highest BCUT2D eigenvalue weighted by Gasteiger charge is 2.20. The molecule has 3 N–H and O–H groups in total. The van der Waals surface area contributed by atoms with E-state index in [-0.39, 0.29) is 11.4 Å². The van der Waals surface area contributed by atoms with Gasteiger partial charge in [-0.25, -0.2) is 0 Å². The van der Waals surface area contributed by atoms with E-state index in [1.807, 2.05) is 0 Å². The molecule has 0 aliphatic heterocycles. The van der Waals surface area contributed by atoms with E-state index in [9.17, 15) is 9.59 Å². The molecule has 0 unspecified atom stereocenters. The Hall–Kier alpha value is -1.40. The van der Waals surface area contributed by atoms with Gasteiger partial charge in [0, 0.05) is 13.1 Å². The summed E-state index contributed by atoms with van der Waals surface area (Å²) in [6.07, 6.45) is 0. The zero-order valence-corrected chi connectivity index (χ0v) is 8.54. The van der Waals surface area contributed by atoms with Crippen LogP contribution in [0.3, 0.4) is 0 Å². The van der Waals surface area contributed by atoms with Gasteiger partial charge in [0.2, 0.25) is 0 Å². The second kappa shape index (κ2) is 5.47. The summed E-state index contributed by atoms with van der Waals surface area (Å²) in [7, 11) is 1.35. The van der Waals surface area contributed by atoms with Gasteiger partial charge >= 0.3 is 0 Å². The van der Waals surface area contributed by atoms with Gasteiger partial charge in [-0.1, -0.05) is 0 Å². The van der Waals surface area contributed by atoms with Crippen LogP contribution >= 0.6 is 0 Å². The van der Waals surface area contributed by atoms with Gasteiger partial charge in [-0.3, -0.25) is 9.59 Å². The number of anilines is 1. The van der Waals surface area contributed by atoms with Crippen LogP contribution in [0.4, 0.5) is 5.69 Å². The van der Waals surface area contributed by atoms with Crippen molar-refractivity contribution >= 4 is 5.69 Å². The fourth-order valence-electron chi connectivity index (χ4n) is 1.16. The number of methoxy groups -OCH3 is 1. The van der Waals surface area contributed by atoms with Crippen molar-refractivity contribution in [2.24, 2.45) is 5.73 Å². The molecule has 1 aromatic carbocycles. The Bertz CT molecular complexity index is 381. The van der Waals surface area contributed by atoms with Crippen molar-refractivity contribution in [1.82, 2.24) is 0 Å². The molecule has 0 bridgehead atoms. The summed E-state index contributed by atoms with van der Waals surface area (Å²) >= 11 is 0. The van der Waals surface area contributed by atoms with Gasteiger partial charge in [0.15, 0.2) is 5.75 Å². The van der Waals surface area contributed by atoms with Gasteiger partial charge in [-0.2, -0.15) is 0 Å². The highest BCUT2D eigenvalue weighted by Crippen LogP contribution is 2.15. The van der Waals surface area contributed by atoms with E-state index in [4.69, 9.17) is 15.2 Å². The summed E-state index contributed by atoms with van der Waals surface area (Å²) < 4.78 is 9.83. The van der Waals surface area contributed by atoms with Crippen molar-refractivity contribution in [3.05, 3.63) is 20.4 Å². The quantitative estimate of drug-likeness (QED) is 0.432. The Balaban J connectivity index is 2.35. The highest BCUT2D eigenvalue weighted by atomic mass is 16.5. The zero-order valence-electron chi connectivity index (χ0n) is 8.54. The fourth-order valence-corrected chi connectivity index (χ4v) is 1.16. The van der Waals surface area contributed by atoms with E-state index in [0.29, 0.717) is 26.3 Å². The average molecular weight is 214 g/mol. The summed E-state index contributed by atoms with van der Waals surface area (Å²) in [5.41, 5.74) is 4.34. The Morgan fingerprint density at radius 3 is 2.60 bits per heavy atom. The molecule has 0 aliphatic carbocycles. The van der Waals surface area contributed by atoms with Crippen LogP contribution in [0, 0.1) is 0 Å². The van der Waals surface area contributed by atoms with Crippen molar-refractivity contribution in [2.75, 3.05) is 38.7 Å². The number of ether oxygens (including phenoxy) is 2. The summed E-state index contributed by atoms with van der Waals surface area (Å²) in [6.45, 7) is 1.81. The van der Waals surface area contributed by atoms with E-state index in [1.54, 1.807) is 0 Å². The van der Waals surface area contributed by atoms with Crippen LogP contribution in [-0.2, 0) is 4.74 Å². The summed E-state index contributed by atoms with van der Waals surface area (Å²) in [6, 6.07) is 0. The fraction of sp³-hybridized carbons (Fsp3) is 0.556. The molecule has 0 atom stereocenters. The molecule has 0 amide bonds. The number of rotatable bonds is 7. The first-order valence-electron chi connectivity index (χ1n) is 4.61. The molecule has 0 heterocycles. The van der Waals surface area contributed by atoms with E-state index < -0.39 is 10.9 Å². The summed E-state index contributed by atoms with van der Waals surface area (Å²) in [5.74, 6) is 0.0961. The minimum absolute atomic E-state index is 0.0961. The molecular weight excluding hydrogens is 200 g/mol. The van der Waals surface area contributed by atoms with Crippen LogP contribution in [0.15, 0.2) is 9.59 Å². The van der Waals surface area contributed by atoms with Crippen LogP contribution in [0.5, 0.6) is 5.75 Å². The lowest BCUT2D eigenvalue weighted by atomic mass is 10.2. The molecule has 6 nitrogen and oxygen atoms in total. The van der Waals surface area contributed by atoms with Gasteiger partial charge in [0.1, 0.15) is 5.69 Å². The second-order valence-electron chi connectivity index (χ2n) is 2.89. The Morgan fingerprint density at radius 1 is 1.27 bits per heavy atom. The Labute approximate surface area is 86.7 Å². The third-order valence-electron chi connectivity index (χ3n) is 1.88. The zero-order chi connectivity index (χ0) is 11.3. The molecule has 84 valence electrons. The first-order valence-corrected chi connectivity index (χ1v) is 4.61. The third-order valence-corrected chi connectivity index (χ3v) is 1.88. The lowest BCUT2D eigenvalue weighted by Crippen LogP contribution is -2.36. The standard InChI is InChI=1S/C9H14N2O4/c1-14-9-6(7(12)8(9)13)11-3-5-15-4-2-10/h11H,2-5,10H2,1H3. The molecule has 1 aromatic rings. The van der Waals surface area contributed by atoms with Crippen molar-refractivity contribution in [3.8, 4) is 5.75 Å². The summed E-state index contributed by atoms with van der Waals surface area (Å²) in [5, 5.41) is 2.78. The number of nitrogens with one attached hydrogen (secondary N) is 1. The topological polar surface area (TPSA) is 90.7 Å². The normalized spacial score (nSPS) is 10.5. The largest absolute Gasteiger partial charge is 0.491 e. The molecule has 0 radical (unpaired) electrons. The first kappa shape index (κ1) is 11.7. The molecular formula is C9H14N2O4. The van der Waals surface area contributed by atoms with Crippen molar-refractivity contribution in [2.45, 2.75) is 0 Å². The Morgan fingerprint density at radius 2 is 2.00 bits per heavy atom. The maximum Gasteiger partial charge on any atom is 0.271 e. The van der Waals surface area contributed by atoms with Crippen molar-refractivity contribution < 1.29 is 9.47 Å². The molecule has 15 heavy (non-hydrogen) atoms. The molecule has 0 saturated carbocycles. The average Bonchev–Trinajstić information content (AvgIpc) is 2.26. The number of hydrogen-bond acceptors (Lipinski definition) is 6. The predicted octanol–water partition coefficient (Wildman–Crippen LogP) is -1.32. The molecule has 0 saturated heterocycles. The maximum atomic E-state index is 11.0. The maximum absolute atomic E-state index is 11.0. The van der Waals surface area contributed by atoms with Gasteiger partial charge in [0.05, 0.1) is 20.3 Å². The molecule has 0 aliphatic rings. The van der Waals surface area contributed by atoms with Crippen LogP contribution in [0.2, 0.25) is 0 Å². The SMILES string of the molecule is COc1c(NCCOCCN)c(=O)c1=O. The lowest BCUT2D eigenvalue weighted by molar-refractivity contribution is 0.151.